The Kier molecular flexibility index (Phi) is 4.30. The molecule has 5 heteroatoms. The van der Waals surface area contributed by atoms with Gasteiger partial charge in [0, 0.05) is 13.1 Å². The summed E-state index contributed by atoms with van der Waals surface area (Å²) in [6.45, 7) is 1.73. The molecule has 0 unspecified atom stereocenters. The second-order valence-electron chi connectivity index (χ2n) is 3.55. The van der Waals surface area contributed by atoms with Gasteiger partial charge in [-0.15, -0.1) is 0 Å². The maximum absolute atomic E-state index is 10.6. The first-order valence-electron chi connectivity index (χ1n) is 4.83. The lowest BCUT2D eigenvalue weighted by molar-refractivity contribution is -0.135. The van der Waals surface area contributed by atoms with Gasteiger partial charge in [-0.1, -0.05) is 11.2 Å². The fourth-order valence-electron chi connectivity index (χ4n) is 1.56. The highest BCUT2D eigenvalue weighted by molar-refractivity contribution is 6.08. The van der Waals surface area contributed by atoms with E-state index in [1.54, 1.807) is 0 Å². The third kappa shape index (κ3) is 3.71. The van der Waals surface area contributed by atoms with Gasteiger partial charge >= 0.3 is 5.97 Å². The molecule has 84 valence electrons. The van der Waals surface area contributed by atoms with Gasteiger partial charge in [0.05, 0.1) is 12.1 Å². The lowest BCUT2D eigenvalue weighted by Gasteiger charge is -2.23. The average Bonchev–Trinajstić information content (AvgIpc) is 2.16. The molecule has 0 aromatic heterocycles. The predicted octanol–water partition coefficient (Wildman–Crippen LogP) is 0.725. The Balaban J connectivity index is 2.75. The van der Waals surface area contributed by atoms with E-state index in [0.29, 0.717) is 5.71 Å². The summed E-state index contributed by atoms with van der Waals surface area (Å²) in [5.41, 5.74) is 1.46. The summed E-state index contributed by atoms with van der Waals surface area (Å²) in [6, 6.07) is 0. The minimum Gasteiger partial charge on any atom is -0.481 e. The molecule has 5 nitrogen and oxygen atoms in total. The normalized spacial score (nSPS) is 18.5. The molecule has 0 aliphatic carbocycles. The topological polar surface area (TPSA) is 62.1 Å². The number of likely N-dealkylation sites (N-methyl/N-ethyl adjacent to an activating group) is 1. The van der Waals surface area contributed by atoms with E-state index in [9.17, 15) is 4.79 Å². The molecule has 0 fully saturated rings. The summed E-state index contributed by atoms with van der Waals surface area (Å²) in [5.74, 6) is -0.889. The highest BCUT2D eigenvalue weighted by Gasteiger charge is 2.16. The molecule has 1 rings (SSSR count). The van der Waals surface area contributed by atoms with Crippen LogP contribution in [0.5, 0.6) is 0 Å². The van der Waals surface area contributed by atoms with Crippen LogP contribution in [0, 0.1) is 0 Å². The summed E-state index contributed by atoms with van der Waals surface area (Å²) in [6.07, 6.45) is 2.86. The standard InChI is InChI=1S/C10H16N2O3/c1-12-5-3-4-8(7-12)9(11-15-2)6-10(13)14/h4H,3,5-7H2,1-2H3,(H,13,14). The molecule has 0 aromatic rings. The second kappa shape index (κ2) is 5.50. The average molecular weight is 212 g/mol. The molecule has 0 atom stereocenters. The number of rotatable bonds is 4. The smallest absolute Gasteiger partial charge is 0.309 e. The van der Waals surface area contributed by atoms with Crippen LogP contribution in [-0.4, -0.2) is 48.9 Å². The van der Waals surface area contributed by atoms with Crippen LogP contribution in [0.2, 0.25) is 0 Å². The molecule has 0 saturated carbocycles. The van der Waals surface area contributed by atoms with Crippen molar-refractivity contribution in [1.29, 1.82) is 0 Å². The van der Waals surface area contributed by atoms with Crippen molar-refractivity contribution >= 4 is 11.7 Å². The van der Waals surface area contributed by atoms with Crippen LogP contribution < -0.4 is 0 Å². The summed E-state index contributed by atoms with van der Waals surface area (Å²) in [7, 11) is 3.42. The SMILES string of the molecule is CON=C(CC(=O)O)C1=CCCN(C)C1. The molecule has 0 radical (unpaired) electrons. The largest absolute Gasteiger partial charge is 0.481 e. The van der Waals surface area contributed by atoms with Crippen molar-refractivity contribution in [2.45, 2.75) is 12.8 Å². The lowest BCUT2D eigenvalue weighted by atomic mass is 10.0. The molecule has 0 amide bonds. The molecule has 0 aromatic carbocycles. The van der Waals surface area contributed by atoms with Gasteiger partial charge in [0.1, 0.15) is 7.11 Å². The van der Waals surface area contributed by atoms with Crippen LogP contribution in [0.3, 0.4) is 0 Å². The first-order valence-corrected chi connectivity index (χ1v) is 4.83. The molecular weight excluding hydrogens is 196 g/mol. The Labute approximate surface area is 89.0 Å². The Morgan fingerprint density at radius 2 is 2.47 bits per heavy atom. The zero-order valence-corrected chi connectivity index (χ0v) is 9.06. The van der Waals surface area contributed by atoms with Crippen molar-refractivity contribution in [2.24, 2.45) is 5.16 Å². The van der Waals surface area contributed by atoms with Gasteiger partial charge in [0.15, 0.2) is 0 Å². The van der Waals surface area contributed by atoms with Crippen molar-refractivity contribution in [3.8, 4) is 0 Å². The number of oxime groups is 1. The quantitative estimate of drug-likeness (QED) is 0.551. The second-order valence-corrected chi connectivity index (χ2v) is 3.55. The molecule has 1 aliphatic heterocycles. The van der Waals surface area contributed by atoms with Gasteiger partial charge in [-0.25, -0.2) is 0 Å². The molecule has 0 bridgehead atoms. The van der Waals surface area contributed by atoms with E-state index in [1.807, 2.05) is 13.1 Å². The minimum absolute atomic E-state index is 0.0898. The summed E-state index contributed by atoms with van der Waals surface area (Å²) in [4.78, 5) is 17.4. The summed E-state index contributed by atoms with van der Waals surface area (Å²) < 4.78 is 0. The van der Waals surface area contributed by atoms with Crippen LogP contribution >= 0.6 is 0 Å². The van der Waals surface area contributed by atoms with Crippen molar-refractivity contribution in [2.75, 3.05) is 27.2 Å². The van der Waals surface area contributed by atoms with Gasteiger partial charge < -0.3 is 14.8 Å². The monoisotopic (exact) mass is 212 g/mol. The number of hydrogen-bond donors (Lipinski definition) is 1. The Hall–Kier alpha value is -1.36. The Bertz CT molecular complexity index is 297. The number of hydrogen-bond acceptors (Lipinski definition) is 4. The third-order valence-electron chi connectivity index (χ3n) is 2.23. The van der Waals surface area contributed by atoms with Crippen molar-refractivity contribution in [3.63, 3.8) is 0 Å². The maximum atomic E-state index is 10.6. The zero-order valence-electron chi connectivity index (χ0n) is 9.06. The number of nitrogens with zero attached hydrogens (tertiary/aromatic N) is 2. The van der Waals surface area contributed by atoms with E-state index in [4.69, 9.17) is 5.11 Å². The van der Waals surface area contributed by atoms with Crippen LogP contribution in [0.15, 0.2) is 16.8 Å². The van der Waals surface area contributed by atoms with Crippen molar-refractivity contribution < 1.29 is 14.7 Å². The third-order valence-corrected chi connectivity index (χ3v) is 2.23. The van der Waals surface area contributed by atoms with Crippen LogP contribution in [0.1, 0.15) is 12.8 Å². The molecule has 1 N–H and O–H groups in total. The lowest BCUT2D eigenvalue weighted by Crippen LogP contribution is -2.29. The van der Waals surface area contributed by atoms with Crippen molar-refractivity contribution in [3.05, 3.63) is 11.6 Å². The highest BCUT2D eigenvalue weighted by Crippen LogP contribution is 2.12. The molecule has 0 spiro atoms. The Morgan fingerprint density at radius 1 is 1.73 bits per heavy atom. The molecule has 0 saturated heterocycles. The van der Waals surface area contributed by atoms with Gasteiger partial charge in [-0.05, 0) is 19.0 Å². The van der Waals surface area contributed by atoms with E-state index in [0.717, 1.165) is 25.1 Å². The first kappa shape index (κ1) is 11.7. The van der Waals surface area contributed by atoms with Crippen molar-refractivity contribution in [1.82, 2.24) is 4.90 Å². The van der Waals surface area contributed by atoms with E-state index >= 15 is 0 Å². The number of carboxylic acid groups (broad SMARTS) is 1. The van der Waals surface area contributed by atoms with Gasteiger partial charge in [0.25, 0.3) is 0 Å². The van der Waals surface area contributed by atoms with E-state index in [1.165, 1.54) is 7.11 Å². The van der Waals surface area contributed by atoms with Crippen LogP contribution in [0.25, 0.3) is 0 Å². The maximum Gasteiger partial charge on any atom is 0.309 e. The molecule has 15 heavy (non-hydrogen) atoms. The fourth-order valence-corrected chi connectivity index (χ4v) is 1.56. The zero-order chi connectivity index (χ0) is 11.3. The molecule has 1 heterocycles. The van der Waals surface area contributed by atoms with E-state index < -0.39 is 5.97 Å². The highest BCUT2D eigenvalue weighted by atomic mass is 16.6. The molecule has 1 aliphatic rings. The number of carboxylic acids is 1. The molecular formula is C10H16N2O3. The fraction of sp³-hybridized carbons (Fsp3) is 0.600. The minimum atomic E-state index is -0.889. The van der Waals surface area contributed by atoms with Gasteiger partial charge in [0.2, 0.25) is 0 Å². The summed E-state index contributed by atoms with van der Waals surface area (Å²) in [5, 5.41) is 12.5. The van der Waals surface area contributed by atoms with Crippen LogP contribution in [0.4, 0.5) is 0 Å². The van der Waals surface area contributed by atoms with Crippen LogP contribution in [-0.2, 0) is 9.63 Å². The van der Waals surface area contributed by atoms with Gasteiger partial charge in [-0.3, -0.25) is 4.79 Å². The van der Waals surface area contributed by atoms with E-state index in [2.05, 4.69) is 14.9 Å². The Morgan fingerprint density at radius 3 is 3.00 bits per heavy atom. The van der Waals surface area contributed by atoms with E-state index in [-0.39, 0.29) is 6.42 Å². The number of carbonyl (C=O) groups is 1. The predicted molar refractivity (Wildman–Crippen MR) is 56.9 cm³/mol. The summed E-state index contributed by atoms with van der Waals surface area (Å²) >= 11 is 0. The van der Waals surface area contributed by atoms with Gasteiger partial charge in [-0.2, -0.15) is 0 Å². The first-order chi connectivity index (χ1) is 7.13. The number of aliphatic carboxylic acids is 1.